The van der Waals surface area contributed by atoms with Gasteiger partial charge in [0.1, 0.15) is 17.5 Å². The Bertz CT molecular complexity index is 1050. The zero-order valence-corrected chi connectivity index (χ0v) is 15.8. The van der Waals surface area contributed by atoms with Crippen molar-refractivity contribution >= 4 is 23.1 Å². The van der Waals surface area contributed by atoms with Gasteiger partial charge in [-0.05, 0) is 31.5 Å². The summed E-state index contributed by atoms with van der Waals surface area (Å²) in [6.45, 7) is 5.16. The Morgan fingerprint density at radius 2 is 2.00 bits per heavy atom. The largest absolute Gasteiger partial charge is 0.474 e. The summed E-state index contributed by atoms with van der Waals surface area (Å²) in [5.41, 5.74) is 9.04. The normalized spacial score (nSPS) is 10.5. The second-order valence-electron chi connectivity index (χ2n) is 6.45. The second-order valence-corrected chi connectivity index (χ2v) is 6.45. The van der Waals surface area contributed by atoms with Crippen LogP contribution in [0.3, 0.4) is 0 Å². The average molecular weight is 376 g/mol. The number of nitriles is 1. The van der Waals surface area contributed by atoms with Gasteiger partial charge in [0.2, 0.25) is 11.8 Å². The summed E-state index contributed by atoms with van der Waals surface area (Å²) in [4.78, 5) is 15.7. The van der Waals surface area contributed by atoms with E-state index in [1.807, 2.05) is 44.2 Å². The maximum absolute atomic E-state index is 11.4. The molecule has 142 valence electrons. The predicted molar refractivity (Wildman–Crippen MR) is 106 cm³/mol. The van der Waals surface area contributed by atoms with Crippen LogP contribution in [-0.2, 0) is 0 Å². The smallest absolute Gasteiger partial charge is 0.243 e. The number of pyridine rings is 1. The van der Waals surface area contributed by atoms with E-state index in [0.717, 1.165) is 16.8 Å². The Balaban J connectivity index is 1.83. The van der Waals surface area contributed by atoms with Crippen molar-refractivity contribution in [2.75, 3.05) is 11.1 Å². The first-order valence-corrected chi connectivity index (χ1v) is 8.67. The van der Waals surface area contributed by atoms with Crippen molar-refractivity contribution < 1.29 is 9.53 Å². The van der Waals surface area contributed by atoms with Crippen LogP contribution in [0.5, 0.6) is 5.88 Å². The number of aromatic nitrogens is 3. The zero-order chi connectivity index (χ0) is 20.3. The number of benzene rings is 1. The molecule has 0 amide bonds. The number of carbonyl (C=O) groups excluding carboxylic acids is 1. The SMILES string of the molecule is CC(=O)n1cc(-c2ccc(Nc3cc(N)c(C#N)c(OC(C)C)n3)cc2)cn1. The van der Waals surface area contributed by atoms with Crippen LogP contribution in [0, 0.1) is 11.3 Å². The summed E-state index contributed by atoms with van der Waals surface area (Å²) in [5, 5.41) is 16.5. The van der Waals surface area contributed by atoms with Crippen molar-refractivity contribution in [3.8, 4) is 23.1 Å². The monoisotopic (exact) mass is 376 g/mol. The molecule has 2 aromatic heterocycles. The van der Waals surface area contributed by atoms with Gasteiger partial charge in [0.25, 0.3) is 0 Å². The summed E-state index contributed by atoms with van der Waals surface area (Å²) >= 11 is 0. The highest BCUT2D eigenvalue weighted by molar-refractivity contribution is 5.77. The van der Waals surface area contributed by atoms with Crippen molar-refractivity contribution in [2.24, 2.45) is 0 Å². The number of hydrogen-bond acceptors (Lipinski definition) is 7. The summed E-state index contributed by atoms with van der Waals surface area (Å²) in [5.74, 6) is 0.533. The first-order valence-electron chi connectivity index (χ1n) is 8.67. The lowest BCUT2D eigenvalue weighted by molar-refractivity contribution is 0.0921. The molecule has 0 spiro atoms. The molecule has 0 saturated heterocycles. The molecule has 0 radical (unpaired) electrons. The Labute approximate surface area is 162 Å². The number of hydrogen-bond donors (Lipinski definition) is 2. The Kier molecular flexibility index (Phi) is 5.27. The van der Waals surface area contributed by atoms with Gasteiger partial charge in [0.05, 0.1) is 18.0 Å². The van der Waals surface area contributed by atoms with Gasteiger partial charge >= 0.3 is 0 Å². The molecule has 0 aliphatic carbocycles. The molecular weight excluding hydrogens is 356 g/mol. The van der Waals surface area contributed by atoms with Crippen molar-refractivity contribution in [3.63, 3.8) is 0 Å². The predicted octanol–water partition coefficient (Wildman–Crippen LogP) is 3.59. The highest BCUT2D eigenvalue weighted by Gasteiger charge is 2.14. The number of carbonyl (C=O) groups is 1. The molecule has 3 rings (SSSR count). The van der Waals surface area contributed by atoms with Gasteiger partial charge in [0.15, 0.2) is 0 Å². The maximum atomic E-state index is 11.4. The first kappa shape index (κ1) is 18.9. The summed E-state index contributed by atoms with van der Waals surface area (Å²) in [6, 6.07) is 11.2. The number of anilines is 3. The summed E-state index contributed by atoms with van der Waals surface area (Å²) < 4.78 is 6.90. The highest BCUT2D eigenvalue weighted by atomic mass is 16.5. The number of ether oxygens (including phenoxy) is 1. The third kappa shape index (κ3) is 4.10. The molecule has 0 saturated carbocycles. The van der Waals surface area contributed by atoms with E-state index in [2.05, 4.69) is 15.4 Å². The quantitative estimate of drug-likeness (QED) is 0.698. The van der Waals surface area contributed by atoms with E-state index < -0.39 is 0 Å². The van der Waals surface area contributed by atoms with Gasteiger partial charge in [0, 0.05) is 30.4 Å². The molecule has 8 nitrogen and oxygen atoms in total. The van der Waals surface area contributed by atoms with E-state index in [9.17, 15) is 10.1 Å². The second kappa shape index (κ2) is 7.80. The molecule has 0 fully saturated rings. The molecule has 0 unspecified atom stereocenters. The van der Waals surface area contributed by atoms with Crippen LogP contribution in [0.15, 0.2) is 42.7 Å². The minimum atomic E-state index is -0.145. The highest BCUT2D eigenvalue weighted by Crippen LogP contribution is 2.28. The number of nitrogens with zero attached hydrogens (tertiary/aromatic N) is 4. The molecule has 3 aromatic rings. The lowest BCUT2D eigenvalue weighted by Crippen LogP contribution is -2.10. The van der Waals surface area contributed by atoms with Crippen molar-refractivity contribution in [1.82, 2.24) is 14.8 Å². The number of nitrogens with two attached hydrogens (primary N) is 1. The molecule has 28 heavy (non-hydrogen) atoms. The van der Waals surface area contributed by atoms with Gasteiger partial charge in [-0.1, -0.05) is 12.1 Å². The van der Waals surface area contributed by atoms with Crippen LogP contribution >= 0.6 is 0 Å². The van der Waals surface area contributed by atoms with E-state index in [1.165, 1.54) is 11.6 Å². The topological polar surface area (TPSA) is 119 Å². The molecule has 0 aliphatic rings. The van der Waals surface area contributed by atoms with Gasteiger partial charge in [-0.25, -0.2) is 4.68 Å². The Hall–Kier alpha value is -3.86. The maximum Gasteiger partial charge on any atom is 0.243 e. The van der Waals surface area contributed by atoms with Gasteiger partial charge in [-0.15, -0.1) is 0 Å². The van der Waals surface area contributed by atoms with Crippen molar-refractivity contribution in [3.05, 3.63) is 48.3 Å². The molecular formula is C20H20N6O2. The lowest BCUT2D eigenvalue weighted by Gasteiger charge is -2.14. The van der Waals surface area contributed by atoms with Crippen LogP contribution in [0.1, 0.15) is 31.1 Å². The minimum absolute atomic E-state index is 0.135. The number of nitrogens with one attached hydrogen (secondary N) is 1. The molecule has 0 aliphatic heterocycles. The Morgan fingerprint density at radius 1 is 1.29 bits per heavy atom. The van der Waals surface area contributed by atoms with Gasteiger partial charge < -0.3 is 15.8 Å². The fraction of sp³-hybridized carbons (Fsp3) is 0.200. The average Bonchev–Trinajstić information content (AvgIpc) is 3.12. The van der Waals surface area contributed by atoms with Crippen LogP contribution in [0.2, 0.25) is 0 Å². The third-order valence-corrected chi connectivity index (χ3v) is 3.87. The molecule has 0 bridgehead atoms. The Morgan fingerprint density at radius 3 is 2.57 bits per heavy atom. The number of rotatable bonds is 5. The molecule has 1 aromatic carbocycles. The van der Waals surface area contributed by atoms with E-state index in [-0.39, 0.29) is 23.5 Å². The minimum Gasteiger partial charge on any atom is -0.474 e. The third-order valence-electron chi connectivity index (χ3n) is 3.87. The van der Waals surface area contributed by atoms with E-state index in [4.69, 9.17) is 10.5 Å². The molecule has 0 atom stereocenters. The lowest BCUT2D eigenvalue weighted by atomic mass is 10.1. The van der Waals surface area contributed by atoms with Crippen LogP contribution in [0.4, 0.5) is 17.2 Å². The van der Waals surface area contributed by atoms with Gasteiger partial charge in [-0.2, -0.15) is 15.3 Å². The zero-order valence-electron chi connectivity index (χ0n) is 15.8. The summed E-state index contributed by atoms with van der Waals surface area (Å²) in [7, 11) is 0. The van der Waals surface area contributed by atoms with Crippen LogP contribution < -0.4 is 15.8 Å². The fourth-order valence-corrected chi connectivity index (χ4v) is 2.56. The van der Waals surface area contributed by atoms with E-state index >= 15 is 0 Å². The van der Waals surface area contributed by atoms with Crippen LogP contribution in [0.25, 0.3) is 11.1 Å². The van der Waals surface area contributed by atoms with Crippen LogP contribution in [-0.4, -0.2) is 26.8 Å². The van der Waals surface area contributed by atoms with Crippen molar-refractivity contribution in [1.29, 1.82) is 5.26 Å². The van der Waals surface area contributed by atoms with Crippen molar-refractivity contribution in [2.45, 2.75) is 26.9 Å². The fourth-order valence-electron chi connectivity index (χ4n) is 2.56. The standard InChI is InChI=1S/C20H20N6O2/c1-12(2)28-20-17(9-21)18(22)8-19(25-20)24-16-6-4-14(5-7-16)15-10-23-26(11-15)13(3)27/h4-8,10-12H,1-3H3,(H3,22,24,25). The van der Waals surface area contributed by atoms with E-state index in [0.29, 0.717) is 11.5 Å². The number of nitrogen functional groups attached to an aromatic ring is 1. The summed E-state index contributed by atoms with van der Waals surface area (Å²) in [6.07, 6.45) is 3.19. The molecule has 8 heteroatoms. The molecule has 2 heterocycles. The first-order chi connectivity index (χ1) is 13.4. The van der Waals surface area contributed by atoms with E-state index in [1.54, 1.807) is 18.5 Å². The van der Waals surface area contributed by atoms with Gasteiger partial charge in [-0.3, -0.25) is 4.79 Å². The molecule has 3 N–H and O–H groups in total.